The van der Waals surface area contributed by atoms with Gasteiger partial charge in [0.2, 0.25) is 16.8 Å². The van der Waals surface area contributed by atoms with E-state index in [1.165, 1.54) is 12.1 Å². The van der Waals surface area contributed by atoms with Crippen molar-refractivity contribution in [2.45, 2.75) is 11.3 Å². The van der Waals surface area contributed by atoms with Crippen LogP contribution in [0.1, 0.15) is 12.0 Å². The summed E-state index contributed by atoms with van der Waals surface area (Å²) in [6.07, 6.45) is 4.52. The van der Waals surface area contributed by atoms with Crippen LogP contribution in [-0.2, 0) is 10.0 Å². The molecule has 1 aliphatic heterocycles. The molecular formula is C17H17NO4S. The molecule has 0 fully saturated rings. The molecule has 0 amide bonds. The number of fused-ring (bicyclic) bond motifs is 1. The molecule has 23 heavy (non-hydrogen) atoms. The van der Waals surface area contributed by atoms with Crippen molar-refractivity contribution >= 4 is 16.1 Å². The first-order chi connectivity index (χ1) is 11.1. The Bertz CT molecular complexity index is 801. The Morgan fingerprint density at radius 1 is 1.04 bits per heavy atom. The molecule has 0 spiro atoms. The van der Waals surface area contributed by atoms with Gasteiger partial charge in [-0.3, -0.25) is 0 Å². The first-order valence-corrected chi connectivity index (χ1v) is 8.74. The van der Waals surface area contributed by atoms with E-state index in [2.05, 4.69) is 4.72 Å². The zero-order valence-corrected chi connectivity index (χ0v) is 13.3. The summed E-state index contributed by atoms with van der Waals surface area (Å²) < 4.78 is 37.4. The SMILES string of the molecule is O=S(=O)(NCC/C=C/c1ccccc1)c1ccc2c(c1)OCO2. The number of hydrogen-bond donors (Lipinski definition) is 1. The van der Waals surface area contributed by atoms with E-state index in [4.69, 9.17) is 9.47 Å². The summed E-state index contributed by atoms with van der Waals surface area (Å²) >= 11 is 0. The van der Waals surface area contributed by atoms with Gasteiger partial charge in [0.15, 0.2) is 11.5 Å². The summed E-state index contributed by atoms with van der Waals surface area (Å²) in [5.74, 6) is 1.02. The molecule has 0 bridgehead atoms. The summed E-state index contributed by atoms with van der Waals surface area (Å²) in [7, 11) is -3.55. The van der Waals surface area contributed by atoms with Crippen molar-refractivity contribution in [2.75, 3.05) is 13.3 Å². The van der Waals surface area contributed by atoms with E-state index in [1.807, 2.05) is 42.5 Å². The lowest BCUT2D eigenvalue weighted by molar-refractivity contribution is 0.174. The highest BCUT2D eigenvalue weighted by atomic mass is 32.2. The van der Waals surface area contributed by atoms with Crippen molar-refractivity contribution in [3.63, 3.8) is 0 Å². The van der Waals surface area contributed by atoms with Gasteiger partial charge in [0.25, 0.3) is 0 Å². The summed E-state index contributed by atoms with van der Waals surface area (Å²) in [6.45, 7) is 0.455. The number of hydrogen-bond acceptors (Lipinski definition) is 4. The van der Waals surface area contributed by atoms with Crippen LogP contribution in [0.3, 0.4) is 0 Å². The van der Waals surface area contributed by atoms with Gasteiger partial charge in [0.05, 0.1) is 4.90 Å². The van der Waals surface area contributed by atoms with Gasteiger partial charge in [-0.2, -0.15) is 0 Å². The van der Waals surface area contributed by atoms with Crippen molar-refractivity contribution in [3.05, 3.63) is 60.2 Å². The van der Waals surface area contributed by atoms with Gasteiger partial charge in [0, 0.05) is 12.6 Å². The molecule has 0 saturated heterocycles. The van der Waals surface area contributed by atoms with E-state index in [0.29, 0.717) is 24.5 Å². The fourth-order valence-corrected chi connectivity index (χ4v) is 3.25. The van der Waals surface area contributed by atoms with Crippen molar-refractivity contribution in [1.82, 2.24) is 4.72 Å². The second kappa shape index (κ2) is 6.85. The average Bonchev–Trinajstić information content (AvgIpc) is 3.03. The fourth-order valence-electron chi connectivity index (χ4n) is 2.19. The number of benzene rings is 2. The van der Waals surface area contributed by atoms with Crippen LogP contribution in [0, 0.1) is 0 Å². The summed E-state index contributed by atoms with van der Waals surface area (Å²) in [6, 6.07) is 14.5. The molecule has 3 rings (SSSR count). The maximum absolute atomic E-state index is 12.2. The Morgan fingerprint density at radius 3 is 2.65 bits per heavy atom. The van der Waals surface area contributed by atoms with Crippen LogP contribution in [0.25, 0.3) is 6.08 Å². The highest BCUT2D eigenvalue weighted by Gasteiger charge is 2.19. The van der Waals surface area contributed by atoms with E-state index < -0.39 is 10.0 Å². The molecule has 6 heteroatoms. The highest BCUT2D eigenvalue weighted by molar-refractivity contribution is 7.89. The summed E-state index contributed by atoms with van der Waals surface area (Å²) in [5, 5.41) is 0. The van der Waals surface area contributed by atoms with E-state index in [9.17, 15) is 8.42 Å². The Hall–Kier alpha value is -2.31. The minimum Gasteiger partial charge on any atom is -0.454 e. The van der Waals surface area contributed by atoms with E-state index in [0.717, 1.165) is 5.56 Å². The molecule has 2 aromatic rings. The van der Waals surface area contributed by atoms with Crippen LogP contribution in [0.15, 0.2) is 59.5 Å². The maximum atomic E-state index is 12.2. The fraction of sp³-hybridized carbons (Fsp3) is 0.176. The van der Waals surface area contributed by atoms with Crippen molar-refractivity contribution in [1.29, 1.82) is 0 Å². The lowest BCUT2D eigenvalue weighted by Gasteiger charge is -2.06. The monoisotopic (exact) mass is 331 g/mol. The van der Waals surface area contributed by atoms with E-state index in [1.54, 1.807) is 6.07 Å². The van der Waals surface area contributed by atoms with Gasteiger partial charge >= 0.3 is 0 Å². The van der Waals surface area contributed by atoms with Gasteiger partial charge in [-0.05, 0) is 24.1 Å². The van der Waals surface area contributed by atoms with Crippen molar-refractivity contribution in [2.24, 2.45) is 0 Å². The minimum atomic E-state index is -3.55. The van der Waals surface area contributed by atoms with Crippen LogP contribution >= 0.6 is 0 Å². The maximum Gasteiger partial charge on any atom is 0.240 e. The predicted molar refractivity (Wildman–Crippen MR) is 87.8 cm³/mol. The van der Waals surface area contributed by atoms with Crippen molar-refractivity contribution in [3.8, 4) is 11.5 Å². The lowest BCUT2D eigenvalue weighted by Crippen LogP contribution is -2.24. The third-order valence-electron chi connectivity index (χ3n) is 3.37. The molecule has 1 aliphatic rings. The largest absolute Gasteiger partial charge is 0.454 e. The van der Waals surface area contributed by atoms with Gasteiger partial charge in [-0.1, -0.05) is 42.5 Å². The Morgan fingerprint density at radius 2 is 1.83 bits per heavy atom. The zero-order valence-electron chi connectivity index (χ0n) is 12.4. The third kappa shape index (κ3) is 3.91. The van der Waals surface area contributed by atoms with Crippen LogP contribution in [0.2, 0.25) is 0 Å². The third-order valence-corrected chi connectivity index (χ3v) is 4.83. The van der Waals surface area contributed by atoms with Crippen LogP contribution in [0.4, 0.5) is 0 Å². The van der Waals surface area contributed by atoms with Crippen molar-refractivity contribution < 1.29 is 17.9 Å². The zero-order chi connectivity index (χ0) is 16.1. The van der Waals surface area contributed by atoms with Crippen LogP contribution in [0.5, 0.6) is 11.5 Å². The predicted octanol–water partition coefficient (Wildman–Crippen LogP) is 2.80. The number of sulfonamides is 1. The molecule has 1 heterocycles. The van der Waals surface area contributed by atoms with Gasteiger partial charge < -0.3 is 9.47 Å². The molecule has 0 atom stereocenters. The summed E-state index contributed by atoms with van der Waals surface area (Å²) in [5.41, 5.74) is 1.09. The molecule has 0 unspecified atom stereocenters. The highest BCUT2D eigenvalue weighted by Crippen LogP contribution is 2.33. The second-order valence-corrected chi connectivity index (χ2v) is 6.78. The molecule has 1 N–H and O–H groups in total. The second-order valence-electron chi connectivity index (χ2n) is 5.01. The Labute approximate surface area is 135 Å². The molecular weight excluding hydrogens is 314 g/mol. The van der Waals surface area contributed by atoms with Crippen LogP contribution in [-0.4, -0.2) is 21.8 Å². The quantitative estimate of drug-likeness (QED) is 0.827. The van der Waals surface area contributed by atoms with E-state index >= 15 is 0 Å². The topological polar surface area (TPSA) is 64.6 Å². The Kier molecular flexibility index (Phi) is 4.64. The summed E-state index contributed by atoms with van der Waals surface area (Å²) in [4.78, 5) is 0.175. The first kappa shape index (κ1) is 15.6. The molecule has 0 radical (unpaired) electrons. The normalized spacial score (nSPS) is 13.6. The molecule has 0 aromatic heterocycles. The van der Waals surface area contributed by atoms with Gasteiger partial charge in [-0.15, -0.1) is 0 Å². The average molecular weight is 331 g/mol. The number of ether oxygens (including phenoxy) is 2. The number of rotatable bonds is 6. The molecule has 5 nitrogen and oxygen atoms in total. The van der Waals surface area contributed by atoms with Gasteiger partial charge in [-0.25, -0.2) is 13.1 Å². The van der Waals surface area contributed by atoms with E-state index in [-0.39, 0.29) is 11.7 Å². The molecule has 2 aromatic carbocycles. The first-order valence-electron chi connectivity index (χ1n) is 7.26. The standard InChI is InChI=1S/C17H17NO4S/c19-23(20,15-9-10-16-17(12-15)22-13-21-16)18-11-5-4-8-14-6-2-1-3-7-14/h1-4,6-10,12,18H,5,11,13H2/b8-4+. The van der Waals surface area contributed by atoms with Crippen LogP contribution < -0.4 is 14.2 Å². The smallest absolute Gasteiger partial charge is 0.240 e. The molecule has 120 valence electrons. The lowest BCUT2D eigenvalue weighted by atomic mass is 10.2. The number of nitrogens with one attached hydrogen (secondary N) is 1. The molecule has 0 saturated carbocycles. The van der Waals surface area contributed by atoms with Gasteiger partial charge in [0.1, 0.15) is 0 Å². The minimum absolute atomic E-state index is 0.122. The molecule has 0 aliphatic carbocycles. The Balaban J connectivity index is 1.56.